The van der Waals surface area contributed by atoms with E-state index < -0.39 is 39.9 Å². The fraction of sp³-hybridized carbons (Fsp3) is 0.0800. The van der Waals surface area contributed by atoms with Gasteiger partial charge in [0.2, 0.25) is 5.75 Å². The summed E-state index contributed by atoms with van der Waals surface area (Å²) in [5.41, 5.74) is 1.82. The van der Waals surface area contributed by atoms with Crippen LogP contribution in [0.4, 0.5) is 18.9 Å². The standard InChI is InChI=1S/C25H15ClF3N3O5S2/c1-13-5-7-17(18(26)9-13)22(33)30-31-23(34)21(39-24(31)38)11-14-3-2-4-16(10-14)37-20-8-6-15(25(27,28)29)12-19(20)32(35)36/h2-12H,1H3,(H,30,33)/b21-11+. The lowest BCUT2D eigenvalue weighted by Gasteiger charge is -2.16. The van der Waals surface area contributed by atoms with Crippen molar-refractivity contribution >= 4 is 63.5 Å². The lowest BCUT2D eigenvalue weighted by molar-refractivity contribution is -0.385. The summed E-state index contributed by atoms with van der Waals surface area (Å²) in [7, 11) is 0. The number of thioether (sulfide) groups is 1. The van der Waals surface area contributed by atoms with Gasteiger partial charge in [0.05, 0.1) is 26.0 Å². The van der Waals surface area contributed by atoms with E-state index in [1.54, 1.807) is 18.2 Å². The van der Waals surface area contributed by atoms with Crippen LogP contribution in [0.25, 0.3) is 6.08 Å². The largest absolute Gasteiger partial charge is 0.450 e. The van der Waals surface area contributed by atoms with Gasteiger partial charge in [0.25, 0.3) is 11.8 Å². The van der Waals surface area contributed by atoms with E-state index in [1.165, 1.54) is 30.3 Å². The van der Waals surface area contributed by atoms with E-state index in [0.717, 1.165) is 28.4 Å². The van der Waals surface area contributed by atoms with Crippen LogP contribution in [0, 0.1) is 17.0 Å². The summed E-state index contributed by atoms with van der Waals surface area (Å²) in [5, 5.41) is 12.5. The number of hydrogen-bond acceptors (Lipinski definition) is 7. The molecule has 1 aliphatic heterocycles. The van der Waals surface area contributed by atoms with Crippen LogP contribution in [0.3, 0.4) is 0 Å². The quantitative estimate of drug-likeness (QED) is 0.143. The highest BCUT2D eigenvalue weighted by Gasteiger charge is 2.35. The molecule has 200 valence electrons. The maximum atomic E-state index is 13.0. The maximum absolute atomic E-state index is 13.0. The number of halogens is 4. The van der Waals surface area contributed by atoms with E-state index in [4.69, 9.17) is 28.6 Å². The molecule has 0 saturated carbocycles. The molecule has 0 aliphatic carbocycles. The third-order valence-corrected chi connectivity index (χ3v) is 6.86. The Morgan fingerprint density at radius 3 is 2.59 bits per heavy atom. The number of alkyl halides is 3. The van der Waals surface area contributed by atoms with Crippen LogP contribution >= 0.6 is 35.6 Å². The van der Waals surface area contributed by atoms with Gasteiger partial charge in [-0.15, -0.1) is 0 Å². The molecule has 39 heavy (non-hydrogen) atoms. The number of benzene rings is 3. The smallest absolute Gasteiger partial charge is 0.416 e. The zero-order valence-corrected chi connectivity index (χ0v) is 22.0. The molecule has 3 aromatic rings. The summed E-state index contributed by atoms with van der Waals surface area (Å²) in [6.45, 7) is 1.81. The minimum atomic E-state index is -4.76. The number of nitro groups is 1. The average Bonchev–Trinajstić information content (AvgIpc) is 3.10. The molecule has 0 aromatic heterocycles. The molecule has 0 bridgehead atoms. The first kappa shape index (κ1) is 28.1. The van der Waals surface area contributed by atoms with Gasteiger partial charge in [-0.05, 0) is 72.7 Å². The molecule has 14 heteroatoms. The van der Waals surface area contributed by atoms with Crippen molar-refractivity contribution in [2.75, 3.05) is 0 Å². The van der Waals surface area contributed by atoms with Gasteiger partial charge in [-0.2, -0.15) is 18.2 Å². The van der Waals surface area contributed by atoms with Gasteiger partial charge in [-0.25, -0.2) is 0 Å². The molecule has 3 aromatic carbocycles. The Morgan fingerprint density at radius 2 is 1.92 bits per heavy atom. The van der Waals surface area contributed by atoms with Gasteiger partial charge in [0.15, 0.2) is 4.32 Å². The molecule has 1 N–H and O–H groups in total. The Balaban J connectivity index is 1.53. The van der Waals surface area contributed by atoms with Crippen molar-refractivity contribution in [1.82, 2.24) is 10.4 Å². The van der Waals surface area contributed by atoms with E-state index in [0.29, 0.717) is 17.7 Å². The van der Waals surface area contributed by atoms with Gasteiger partial charge in [-0.1, -0.05) is 41.6 Å². The number of amides is 2. The fourth-order valence-corrected chi connectivity index (χ4v) is 4.90. The molecule has 1 heterocycles. The van der Waals surface area contributed by atoms with Crippen molar-refractivity contribution in [2.24, 2.45) is 0 Å². The van der Waals surface area contributed by atoms with Crippen LogP contribution in [-0.4, -0.2) is 26.1 Å². The number of thiocarbonyl (C=S) groups is 1. The van der Waals surface area contributed by atoms with Gasteiger partial charge >= 0.3 is 11.9 Å². The highest BCUT2D eigenvalue weighted by atomic mass is 35.5. The summed E-state index contributed by atoms with van der Waals surface area (Å²) in [6.07, 6.45) is -3.31. The zero-order valence-electron chi connectivity index (χ0n) is 19.6. The third kappa shape index (κ3) is 6.38. The number of hydrogen-bond donors (Lipinski definition) is 1. The Labute approximate surface area is 233 Å². The summed E-state index contributed by atoms with van der Waals surface area (Å²) in [4.78, 5) is 36.1. The average molecular weight is 594 g/mol. The van der Waals surface area contributed by atoms with Crippen molar-refractivity contribution < 1.29 is 32.4 Å². The van der Waals surface area contributed by atoms with E-state index in [2.05, 4.69) is 5.43 Å². The van der Waals surface area contributed by atoms with Crippen LogP contribution in [0.2, 0.25) is 5.02 Å². The normalized spacial score (nSPS) is 14.6. The van der Waals surface area contributed by atoms with Gasteiger partial charge < -0.3 is 4.74 Å². The van der Waals surface area contributed by atoms with E-state index in [-0.39, 0.29) is 25.6 Å². The second-order valence-electron chi connectivity index (χ2n) is 8.05. The summed E-state index contributed by atoms with van der Waals surface area (Å²) >= 11 is 12.3. The molecule has 0 spiro atoms. The molecule has 0 unspecified atom stereocenters. The number of ether oxygens (including phenoxy) is 1. The highest BCUT2D eigenvalue weighted by Crippen LogP contribution is 2.38. The van der Waals surface area contributed by atoms with Crippen LogP contribution in [-0.2, 0) is 11.0 Å². The molecule has 2 amide bonds. The number of nitro benzene ring substituents is 1. The Morgan fingerprint density at radius 1 is 1.18 bits per heavy atom. The van der Waals surface area contributed by atoms with Crippen molar-refractivity contribution in [3.63, 3.8) is 0 Å². The molecule has 4 rings (SSSR count). The number of carbonyl (C=O) groups is 2. The Kier molecular flexibility index (Phi) is 7.95. The fourth-order valence-electron chi connectivity index (χ4n) is 3.40. The van der Waals surface area contributed by atoms with Crippen LogP contribution in [0.5, 0.6) is 11.5 Å². The monoisotopic (exact) mass is 593 g/mol. The van der Waals surface area contributed by atoms with Crippen molar-refractivity contribution in [3.8, 4) is 11.5 Å². The lowest BCUT2D eigenvalue weighted by Crippen LogP contribution is -2.44. The maximum Gasteiger partial charge on any atom is 0.416 e. The number of aryl methyl sites for hydroxylation is 1. The molecule has 0 radical (unpaired) electrons. The van der Waals surface area contributed by atoms with E-state index in [9.17, 15) is 32.9 Å². The second kappa shape index (κ2) is 11.0. The molecule has 1 saturated heterocycles. The van der Waals surface area contributed by atoms with Gasteiger partial charge in [0.1, 0.15) is 5.75 Å². The molecule has 1 fully saturated rings. The summed E-state index contributed by atoms with van der Waals surface area (Å²) < 4.78 is 44.5. The van der Waals surface area contributed by atoms with Crippen molar-refractivity contribution in [1.29, 1.82) is 0 Å². The molecule has 1 aliphatic rings. The first-order valence-electron chi connectivity index (χ1n) is 10.8. The third-order valence-electron chi connectivity index (χ3n) is 5.24. The van der Waals surface area contributed by atoms with Crippen molar-refractivity contribution in [3.05, 3.63) is 103 Å². The van der Waals surface area contributed by atoms with Crippen molar-refractivity contribution in [2.45, 2.75) is 13.1 Å². The molecule has 8 nitrogen and oxygen atoms in total. The van der Waals surface area contributed by atoms with E-state index in [1.807, 2.05) is 6.92 Å². The minimum absolute atomic E-state index is 0.0654. The molecular weight excluding hydrogens is 579 g/mol. The van der Waals surface area contributed by atoms with Gasteiger partial charge in [-0.3, -0.25) is 25.1 Å². The summed E-state index contributed by atoms with van der Waals surface area (Å²) in [6, 6.07) is 12.7. The predicted octanol–water partition coefficient (Wildman–Crippen LogP) is 6.91. The first-order valence-corrected chi connectivity index (χ1v) is 12.4. The highest BCUT2D eigenvalue weighted by molar-refractivity contribution is 8.26. The number of rotatable bonds is 6. The molecule has 0 atom stereocenters. The number of hydrazine groups is 1. The minimum Gasteiger partial charge on any atom is -0.450 e. The number of nitrogens with one attached hydrogen (secondary N) is 1. The van der Waals surface area contributed by atoms with Crippen LogP contribution in [0.15, 0.2) is 65.6 Å². The predicted molar refractivity (Wildman–Crippen MR) is 143 cm³/mol. The van der Waals surface area contributed by atoms with Crippen LogP contribution < -0.4 is 10.2 Å². The number of carbonyl (C=O) groups excluding carboxylic acids is 2. The van der Waals surface area contributed by atoms with Crippen LogP contribution in [0.1, 0.15) is 27.0 Å². The number of nitrogens with zero attached hydrogens (tertiary/aromatic N) is 2. The zero-order chi connectivity index (χ0) is 28.5. The molecular formula is C25H15ClF3N3O5S2. The Hall–Kier alpha value is -3.94. The second-order valence-corrected chi connectivity index (χ2v) is 10.1. The summed E-state index contributed by atoms with van der Waals surface area (Å²) in [5.74, 6) is -1.56. The first-order chi connectivity index (χ1) is 18.3. The Bertz CT molecular complexity index is 1560. The SMILES string of the molecule is Cc1ccc(C(=O)NN2C(=O)/C(=C\c3cccc(Oc4ccc(C(F)(F)F)cc4[N+](=O)[O-])c3)SC2=S)c(Cl)c1. The topological polar surface area (TPSA) is 102 Å². The van der Waals surface area contributed by atoms with E-state index >= 15 is 0 Å². The lowest BCUT2D eigenvalue weighted by atomic mass is 10.1. The van der Waals surface area contributed by atoms with Gasteiger partial charge in [0, 0.05) is 6.07 Å².